The highest BCUT2D eigenvalue weighted by Crippen LogP contribution is 2.09. The van der Waals surface area contributed by atoms with Crippen LogP contribution in [-0.4, -0.2) is 93.9 Å². The van der Waals surface area contributed by atoms with Crippen molar-refractivity contribution < 1.29 is 43.8 Å². The molecule has 16 heteroatoms. The van der Waals surface area contributed by atoms with E-state index in [9.17, 15) is 43.8 Å². The zero-order chi connectivity index (χ0) is 34.1. The van der Waals surface area contributed by atoms with Crippen LogP contribution in [-0.2, 0) is 40.0 Å². The highest BCUT2D eigenvalue weighted by molar-refractivity contribution is 7.98. The molecule has 1 aromatic carbocycles. The molecule has 0 saturated heterocycles. The number of aliphatic carboxylic acids is 2. The maximum atomic E-state index is 13.3. The number of primary amides is 1. The molecule has 5 atom stereocenters. The van der Waals surface area contributed by atoms with Crippen molar-refractivity contribution in [3.63, 3.8) is 0 Å². The minimum absolute atomic E-state index is 0.0159. The molecule has 0 aliphatic rings. The van der Waals surface area contributed by atoms with Crippen molar-refractivity contribution in [1.29, 1.82) is 0 Å². The van der Waals surface area contributed by atoms with Crippen LogP contribution in [0.3, 0.4) is 0 Å². The molecule has 1 rings (SSSR count). The Morgan fingerprint density at radius 3 is 1.84 bits per heavy atom. The van der Waals surface area contributed by atoms with Gasteiger partial charge in [-0.25, -0.2) is 4.79 Å². The number of carboxylic acids is 2. The van der Waals surface area contributed by atoms with E-state index < -0.39 is 78.1 Å². The predicted molar refractivity (Wildman–Crippen MR) is 167 cm³/mol. The Morgan fingerprint density at radius 2 is 1.31 bits per heavy atom. The number of benzene rings is 1. The maximum Gasteiger partial charge on any atom is 0.326 e. The summed E-state index contributed by atoms with van der Waals surface area (Å²) in [5.41, 5.74) is 11.6. The summed E-state index contributed by atoms with van der Waals surface area (Å²) in [5, 5.41) is 28.9. The van der Waals surface area contributed by atoms with Crippen molar-refractivity contribution in [3.8, 4) is 0 Å². The Balaban J connectivity index is 3.11. The minimum atomic E-state index is -1.64. The highest BCUT2D eigenvalue weighted by Gasteiger charge is 2.33. The molecule has 15 nitrogen and oxygen atoms in total. The van der Waals surface area contributed by atoms with Crippen LogP contribution in [0.25, 0.3) is 0 Å². The number of hydrogen-bond donors (Lipinski definition) is 8. The first-order chi connectivity index (χ1) is 21.1. The van der Waals surface area contributed by atoms with Gasteiger partial charge < -0.3 is 42.9 Å². The van der Waals surface area contributed by atoms with Crippen molar-refractivity contribution in [1.82, 2.24) is 21.3 Å². The maximum absolute atomic E-state index is 13.3. The summed E-state index contributed by atoms with van der Waals surface area (Å²) in [6.45, 7) is 3.55. The minimum Gasteiger partial charge on any atom is -0.481 e. The Labute approximate surface area is 266 Å². The second-order valence-corrected chi connectivity index (χ2v) is 11.9. The van der Waals surface area contributed by atoms with Crippen LogP contribution in [0.1, 0.15) is 51.5 Å². The summed E-state index contributed by atoms with van der Waals surface area (Å²) in [6, 6.07) is 2.08. The Morgan fingerprint density at radius 1 is 0.778 bits per heavy atom. The van der Waals surface area contributed by atoms with Gasteiger partial charge in [0, 0.05) is 12.8 Å². The largest absolute Gasteiger partial charge is 0.481 e. The van der Waals surface area contributed by atoms with Gasteiger partial charge in [0.25, 0.3) is 0 Å². The second kappa shape index (κ2) is 20.0. The summed E-state index contributed by atoms with van der Waals surface area (Å²) < 4.78 is 0. The fraction of sp³-hybridized carbons (Fsp3) is 0.552. The molecule has 0 spiro atoms. The fourth-order valence-electron chi connectivity index (χ4n) is 4.17. The van der Waals surface area contributed by atoms with Crippen LogP contribution in [0.2, 0.25) is 0 Å². The van der Waals surface area contributed by atoms with Crippen LogP contribution in [0.15, 0.2) is 30.3 Å². The van der Waals surface area contributed by atoms with Gasteiger partial charge in [0.15, 0.2) is 0 Å². The average molecular weight is 653 g/mol. The summed E-state index contributed by atoms with van der Waals surface area (Å²) in [5.74, 6) is -6.48. The van der Waals surface area contributed by atoms with Crippen molar-refractivity contribution in [2.24, 2.45) is 17.4 Å². The number of carbonyl (C=O) groups excluding carboxylic acids is 5. The quantitative estimate of drug-likeness (QED) is 0.0808. The molecule has 0 unspecified atom stereocenters. The van der Waals surface area contributed by atoms with E-state index >= 15 is 0 Å². The molecular formula is C29H44N6O9S. The zero-order valence-electron chi connectivity index (χ0n) is 25.6. The van der Waals surface area contributed by atoms with E-state index in [4.69, 9.17) is 11.5 Å². The molecule has 1 aromatic rings. The summed E-state index contributed by atoms with van der Waals surface area (Å²) in [6.07, 6.45) is 0.884. The van der Waals surface area contributed by atoms with Crippen molar-refractivity contribution >= 4 is 53.2 Å². The van der Waals surface area contributed by atoms with E-state index in [1.54, 1.807) is 50.4 Å². The lowest BCUT2D eigenvalue weighted by Gasteiger charge is -2.26. The molecule has 0 aliphatic heterocycles. The normalized spacial score (nSPS) is 14.2. The topological polar surface area (TPSA) is 260 Å². The van der Waals surface area contributed by atoms with Crippen LogP contribution in [0.4, 0.5) is 0 Å². The number of carbonyl (C=O) groups is 7. The Bertz CT molecular complexity index is 1180. The lowest BCUT2D eigenvalue weighted by molar-refractivity contribution is -0.143. The van der Waals surface area contributed by atoms with Gasteiger partial charge in [-0.1, -0.05) is 44.2 Å². The van der Waals surface area contributed by atoms with E-state index in [1.165, 1.54) is 11.8 Å². The Kier molecular flexibility index (Phi) is 17.2. The third kappa shape index (κ3) is 15.4. The van der Waals surface area contributed by atoms with E-state index in [0.29, 0.717) is 11.3 Å². The SMILES string of the molecule is CSCC[C@H](NC(=O)[C@H](CC(=O)O)NC(=O)[C@H](CC(C)C)NC(=O)[C@@H](N)CCC(N)=O)C(=O)N[C@@H](Cc1ccccc1)C(=O)O. The van der Waals surface area contributed by atoms with Crippen LogP contribution < -0.4 is 32.7 Å². The highest BCUT2D eigenvalue weighted by atomic mass is 32.2. The van der Waals surface area contributed by atoms with Gasteiger partial charge in [-0.05, 0) is 42.8 Å². The molecule has 0 fully saturated rings. The van der Waals surface area contributed by atoms with E-state index in [0.717, 1.165) is 0 Å². The third-order valence-corrected chi connectivity index (χ3v) is 7.18. The molecule has 45 heavy (non-hydrogen) atoms. The molecule has 0 aromatic heterocycles. The van der Waals surface area contributed by atoms with Gasteiger partial charge in [-0.2, -0.15) is 11.8 Å². The number of hydrogen-bond acceptors (Lipinski definition) is 9. The van der Waals surface area contributed by atoms with E-state index in [-0.39, 0.29) is 38.0 Å². The summed E-state index contributed by atoms with van der Waals surface area (Å²) >= 11 is 1.37. The number of nitrogens with two attached hydrogens (primary N) is 2. The number of carboxylic acid groups (broad SMARTS) is 2. The van der Waals surface area contributed by atoms with Crippen molar-refractivity contribution in [2.75, 3.05) is 12.0 Å². The number of thioether (sulfide) groups is 1. The van der Waals surface area contributed by atoms with Crippen LogP contribution in [0.5, 0.6) is 0 Å². The smallest absolute Gasteiger partial charge is 0.326 e. The van der Waals surface area contributed by atoms with Gasteiger partial charge in [0.1, 0.15) is 24.2 Å². The molecule has 0 saturated carbocycles. The first-order valence-electron chi connectivity index (χ1n) is 14.4. The molecule has 250 valence electrons. The number of amides is 5. The third-order valence-electron chi connectivity index (χ3n) is 6.53. The molecule has 5 amide bonds. The van der Waals surface area contributed by atoms with Crippen LogP contribution >= 0.6 is 11.8 Å². The first-order valence-corrected chi connectivity index (χ1v) is 15.8. The van der Waals surface area contributed by atoms with Gasteiger partial charge in [-0.3, -0.25) is 28.8 Å². The number of rotatable bonds is 21. The van der Waals surface area contributed by atoms with Crippen molar-refractivity contribution in [2.45, 2.75) is 82.6 Å². The lowest BCUT2D eigenvalue weighted by Crippen LogP contribution is -2.59. The molecule has 0 bridgehead atoms. The summed E-state index contributed by atoms with van der Waals surface area (Å²) in [7, 11) is 0. The standard InChI is InChI=1S/C29H44N6O9S/c1-16(2)13-20(33-25(39)18(30)9-10-23(31)36)27(41)34-21(15-24(37)38)28(42)32-19(11-12-45-3)26(40)35-22(29(43)44)14-17-7-5-4-6-8-17/h4-8,16,18-22H,9-15,30H2,1-3H3,(H2,31,36)(H,32,42)(H,33,39)(H,34,41)(H,35,40)(H,37,38)(H,43,44)/t18-,19-,20-,21-,22-/m0/s1. The van der Waals surface area contributed by atoms with Gasteiger partial charge >= 0.3 is 11.9 Å². The zero-order valence-corrected chi connectivity index (χ0v) is 26.4. The Hall–Kier alpha value is -4.18. The van der Waals surface area contributed by atoms with E-state index in [1.807, 2.05) is 0 Å². The predicted octanol–water partition coefficient (Wildman–Crippen LogP) is -0.880. The molecular weight excluding hydrogens is 608 g/mol. The van der Waals surface area contributed by atoms with Crippen LogP contribution in [0, 0.1) is 5.92 Å². The second-order valence-electron chi connectivity index (χ2n) is 10.9. The first kappa shape index (κ1) is 38.8. The summed E-state index contributed by atoms with van der Waals surface area (Å²) in [4.78, 5) is 86.8. The van der Waals surface area contributed by atoms with Gasteiger partial charge in [0.05, 0.1) is 12.5 Å². The number of nitrogens with one attached hydrogen (secondary N) is 4. The van der Waals surface area contributed by atoms with Gasteiger partial charge in [-0.15, -0.1) is 0 Å². The molecule has 0 radical (unpaired) electrons. The fourth-order valence-corrected chi connectivity index (χ4v) is 4.64. The molecule has 10 N–H and O–H groups in total. The lowest BCUT2D eigenvalue weighted by atomic mass is 10.0. The molecule has 0 aliphatic carbocycles. The van der Waals surface area contributed by atoms with Crippen molar-refractivity contribution in [3.05, 3.63) is 35.9 Å². The van der Waals surface area contributed by atoms with E-state index in [2.05, 4.69) is 21.3 Å². The monoisotopic (exact) mass is 652 g/mol. The molecule has 0 heterocycles. The van der Waals surface area contributed by atoms with Gasteiger partial charge in [0.2, 0.25) is 29.5 Å². The average Bonchev–Trinajstić information content (AvgIpc) is 2.96.